The Morgan fingerprint density at radius 3 is 2.48 bits per heavy atom. The molecule has 4 nitrogen and oxygen atoms in total. The van der Waals surface area contributed by atoms with E-state index in [1.807, 2.05) is 18.7 Å². The van der Waals surface area contributed by atoms with Crippen LogP contribution in [0, 0.1) is 0 Å². The van der Waals surface area contributed by atoms with E-state index in [0.717, 1.165) is 43.5 Å². The fourth-order valence-corrected chi connectivity index (χ4v) is 3.51. The second-order valence-electron chi connectivity index (χ2n) is 6.24. The average Bonchev–Trinajstić information content (AvgIpc) is 2.68. The molecule has 0 bridgehead atoms. The Kier molecular flexibility index (Phi) is 5.82. The number of aliphatic hydroxyl groups is 1. The molecular weight excluding hydrogens is 264 g/mol. The van der Waals surface area contributed by atoms with E-state index in [9.17, 15) is 5.11 Å². The van der Waals surface area contributed by atoms with E-state index >= 15 is 0 Å². The average molecular weight is 294 g/mol. The van der Waals surface area contributed by atoms with Gasteiger partial charge in [-0.1, -0.05) is 32.6 Å². The first kappa shape index (κ1) is 16.5. The smallest absolute Gasteiger partial charge is 0.0943 e. The molecule has 1 aromatic rings. The molecule has 0 spiro atoms. The third-order valence-corrected chi connectivity index (χ3v) is 4.78. The zero-order chi connectivity index (χ0) is 15.3. The van der Waals surface area contributed by atoms with Crippen LogP contribution in [0.15, 0.2) is 6.07 Å². The third kappa shape index (κ3) is 3.86. The quantitative estimate of drug-likeness (QED) is 0.820. The molecule has 0 amide bonds. The van der Waals surface area contributed by atoms with E-state index in [4.69, 9.17) is 4.74 Å². The lowest BCUT2D eigenvalue weighted by Crippen LogP contribution is -2.46. The second kappa shape index (κ2) is 7.41. The van der Waals surface area contributed by atoms with Crippen LogP contribution in [0.1, 0.15) is 63.8 Å². The topological polar surface area (TPSA) is 47.3 Å². The van der Waals surface area contributed by atoms with Crippen molar-refractivity contribution >= 4 is 0 Å². The number of aliphatic hydroxyl groups excluding tert-OH is 1. The van der Waals surface area contributed by atoms with Gasteiger partial charge in [0.25, 0.3) is 0 Å². The largest absolute Gasteiger partial charge is 0.390 e. The van der Waals surface area contributed by atoms with Crippen molar-refractivity contribution in [2.45, 2.75) is 76.9 Å². The minimum Gasteiger partial charge on any atom is -0.390 e. The van der Waals surface area contributed by atoms with Gasteiger partial charge in [0.05, 0.1) is 17.4 Å². The Labute approximate surface area is 128 Å². The number of hydrogen-bond donors (Lipinski definition) is 1. The Bertz CT molecular complexity index is 434. The van der Waals surface area contributed by atoms with E-state index in [0.29, 0.717) is 13.0 Å². The fourth-order valence-electron chi connectivity index (χ4n) is 3.51. The van der Waals surface area contributed by atoms with Crippen LogP contribution in [-0.4, -0.2) is 33.2 Å². The van der Waals surface area contributed by atoms with Gasteiger partial charge in [0.1, 0.15) is 0 Å². The maximum absolute atomic E-state index is 10.9. The summed E-state index contributed by atoms with van der Waals surface area (Å²) in [6.07, 6.45) is 7.88. The molecule has 1 heterocycles. The van der Waals surface area contributed by atoms with Gasteiger partial charge in [-0.2, -0.15) is 5.10 Å². The SMILES string of the molecule is CCOC1(C(O)Cc2cc(CC)nn2C)CCCCCC1. The number of rotatable bonds is 6. The molecule has 1 N–H and O–H groups in total. The van der Waals surface area contributed by atoms with Crippen molar-refractivity contribution in [2.24, 2.45) is 7.05 Å². The number of ether oxygens (including phenoxy) is 1. The van der Waals surface area contributed by atoms with E-state index in [2.05, 4.69) is 18.1 Å². The van der Waals surface area contributed by atoms with Gasteiger partial charge in [0.15, 0.2) is 0 Å². The fraction of sp³-hybridized carbons (Fsp3) is 0.824. The van der Waals surface area contributed by atoms with Crippen LogP contribution in [0.2, 0.25) is 0 Å². The predicted octanol–water partition coefficient (Wildman–Crippen LogP) is 3.02. The minimum atomic E-state index is -0.448. The minimum absolute atomic E-state index is 0.359. The molecule has 1 aromatic heterocycles. The summed E-state index contributed by atoms with van der Waals surface area (Å²) in [6, 6.07) is 2.11. The molecule has 120 valence electrons. The molecule has 1 aliphatic carbocycles. The van der Waals surface area contributed by atoms with E-state index in [1.54, 1.807) is 0 Å². The maximum atomic E-state index is 10.9. The lowest BCUT2D eigenvalue weighted by Gasteiger charge is -2.37. The second-order valence-corrected chi connectivity index (χ2v) is 6.24. The highest BCUT2D eigenvalue weighted by molar-refractivity contribution is 5.12. The first-order valence-corrected chi connectivity index (χ1v) is 8.45. The van der Waals surface area contributed by atoms with Gasteiger partial charge in [0, 0.05) is 25.8 Å². The monoisotopic (exact) mass is 294 g/mol. The molecule has 4 heteroatoms. The highest BCUT2D eigenvalue weighted by atomic mass is 16.5. The van der Waals surface area contributed by atoms with Crippen LogP contribution in [-0.2, 0) is 24.6 Å². The van der Waals surface area contributed by atoms with Gasteiger partial charge in [-0.3, -0.25) is 4.68 Å². The molecule has 1 fully saturated rings. The molecule has 1 unspecified atom stereocenters. The molecule has 0 radical (unpaired) electrons. The molecule has 0 saturated heterocycles. The molecule has 1 atom stereocenters. The van der Waals surface area contributed by atoms with Gasteiger partial charge in [-0.25, -0.2) is 0 Å². The highest BCUT2D eigenvalue weighted by Crippen LogP contribution is 2.34. The molecular formula is C17H30N2O2. The third-order valence-electron chi connectivity index (χ3n) is 4.78. The lowest BCUT2D eigenvalue weighted by molar-refractivity contribution is -0.128. The van der Waals surface area contributed by atoms with E-state index < -0.39 is 6.10 Å². The van der Waals surface area contributed by atoms with Gasteiger partial charge in [-0.15, -0.1) is 0 Å². The maximum Gasteiger partial charge on any atom is 0.0943 e. The molecule has 2 rings (SSSR count). The van der Waals surface area contributed by atoms with E-state index in [1.165, 1.54) is 12.8 Å². The van der Waals surface area contributed by atoms with Crippen molar-refractivity contribution in [3.63, 3.8) is 0 Å². The summed E-state index contributed by atoms with van der Waals surface area (Å²) in [5, 5.41) is 15.4. The van der Waals surface area contributed by atoms with E-state index in [-0.39, 0.29) is 5.60 Å². The standard InChI is InChI=1S/C17H30N2O2/c1-4-14-12-15(19(3)18-14)13-16(20)17(21-5-2)10-8-6-7-9-11-17/h12,16,20H,4-11,13H2,1-3H3. The number of aromatic nitrogens is 2. The van der Waals surface area contributed by atoms with Crippen LogP contribution >= 0.6 is 0 Å². The first-order chi connectivity index (χ1) is 10.1. The highest BCUT2D eigenvalue weighted by Gasteiger charge is 2.39. The van der Waals surface area contributed by atoms with Gasteiger partial charge < -0.3 is 9.84 Å². The van der Waals surface area contributed by atoms with Crippen molar-refractivity contribution in [1.29, 1.82) is 0 Å². The zero-order valence-corrected chi connectivity index (χ0v) is 13.8. The lowest BCUT2D eigenvalue weighted by atomic mass is 9.85. The van der Waals surface area contributed by atoms with Crippen molar-refractivity contribution in [1.82, 2.24) is 9.78 Å². The summed E-state index contributed by atoms with van der Waals surface area (Å²) in [6.45, 7) is 4.80. The summed E-state index contributed by atoms with van der Waals surface area (Å²) in [5.74, 6) is 0. The van der Waals surface area contributed by atoms with Crippen molar-refractivity contribution in [2.75, 3.05) is 6.61 Å². The molecule has 0 aromatic carbocycles. The summed E-state index contributed by atoms with van der Waals surface area (Å²) >= 11 is 0. The first-order valence-electron chi connectivity index (χ1n) is 8.45. The van der Waals surface area contributed by atoms with Crippen molar-refractivity contribution < 1.29 is 9.84 Å². The van der Waals surface area contributed by atoms with Crippen LogP contribution in [0.25, 0.3) is 0 Å². The van der Waals surface area contributed by atoms with Gasteiger partial charge in [-0.05, 0) is 32.3 Å². The van der Waals surface area contributed by atoms with Gasteiger partial charge >= 0.3 is 0 Å². The Morgan fingerprint density at radius 2 is 1.95 bits per heavy atom. The summed E-state index contributed by atoms with van der Waals surface area (Å²) in [4.78, 5) is 0. The Hall–Kier alpha value is -0.870. The molecule has 0 aliphatic heterocycles. The summed E-state index contributed by atoms with van der Waals surface area (Å²) in [5.41, 5.74) is 1.83. The van der Waals surface area contributed by atoms with Crippen molar-refractivity contribution in [3.8, 4) is 0 Å². The molecule has 1 aliphatic rings. The number of hydrogen-bond acceptors (Lipinski definition) is 3. The Morgan fingerprint density at radius 1 is 1.29 bits per heavy atom. The number of aryl methyl sites for hydroxylation is 2. The zero-order valence-electron chi connectivity index (χ0n) is 13.8. The number of nitrogens with zero attached hydrogens (tertiary/aromatic N) is 2. The normalized spacial score (nSPS) is 20.2. The van der Waals surface area contributed by atoms with Gasteiger partial charge in [0.2, 0.25) is 0 Å². The van der Waals surface area contributed by atoms with Crippen molar-refractivity contribution in [3.05, 3.63) is 17.5 Å². The Balaban J connectivity index is 2.13. The van der Waals surface area contributed by atoms with Crippen LogP contribution in [0.3, 0.4) is 0 Å². The van der Waals surface area contributed by atoms with Crippen LogP contribution in [0.4, 0.5) is 0 Å². The van der Waals surface area contributed by atoms with Crippen LogP contribution < -0.4 is 0 Å². The summed E-state index contributed by atoms with van der Waals surface area (Å²) < 4.78 is 7.98. The molecule has 1 saturated carbocycles. The predicted molar refractivity (Wildman–Crippen MR) is 84.4 cm³/mol. The summed E-state index contributed by atoms with van der Waals surface area (Å²) in [7, 11) is 1.96. The molecule has 21 heavy (non-hydrogen) atoms. The van der Waals surface area contributed by atoms with Crippen LogP contribution in [0.5, 0.6) is 0 Å².